The van der Waals surface area contributed by atoms with Crippen LogP contribution in [0.25, 0.3) is 0 Å². The Morgan fingerprint density at radius 1 is 1.21 bits per heavy atom. The van der Waals surface area contributed by atoms with Gasteiger partial charge in [0.15, 0.2) is 0 Å². The first kappa shape index (κ1) is 15.5. The van der Waals surface area contributed by atoms with E-state index in [9.17, 15) is 31.1 Å². The molecule has 0 aliphatic rings. The van der Waals surface area contributed by atoms with Crippen molar-refractivity contribution in [3.05, 3.63) is 23.5 Å². The van der Waals surface area contributed by atoms with Crippen LogP contribution in [0.5, 0.6) is 0 Å². The molecule has 0 fully saturated rings. The van der Waals surface area contributed by atoms with Crippen LogP contribution >= 0.6 is 11.6 Å². The molecular formula is C9H5ClF6N2O. The molecule has 1 aromatic heterocycles. The lowest BCUT2D eigenvalue weighted by atomic mass is 10.1. The van der Waals surface area contributed by atoms with E-state index in [0.717, 1.165) is 18.5 Å². The molecule has 1 amide bonds. The van der Waals surface area contributed by atoms with Gasteiger partial charge in [0.1, 0.15) is 0 Å². The molecular weight excluding hydrogens is 302 g/mol. The van der Waals surface area contributed by atoms with E-state index in [1.54, 1.807) is 0 Å². The zero-order valence-electron chi connectivity index (χ0n) is 8.81. The van der Waals surface area contributed by atoms with Crippen LogP contribution in [0.15, 0.2) is 18.5 Å². The van der Waals surface area contributed by atoms with Crippen LogP contribution in [0, 0.1) is 5.92 Å². The number of pyridine rings is 1. The summed E-state index contributed by atoms with van der Waals surface area (Å²) in [7, 11) is 0. The Bertz CT molecular complexity index is 459. The van der Waals surface area contributed by atoms with Crippen molar-refractivity contribution >= 4 is 23.2 Å². The van der Waals surface area contributed by atoms with Gasteiger partial charge in [-0.1, -0.05) is 11.6 Å². The number of rotatable bonds is 2. The standard InChI is InChI=1S/C9H5ClF6N2O/c10-4-1-2-17-3-5(4)18-7(19)6(8(11,12)13)9(14,15)16/h1-3,6H,(H,18,19). The minimum absolute atomic E-state index is 0.230. The summed E-state index contributed by atoms with van der Waals surface area (Å²) in [5.41, 5.74) is -0.437. The highest BCUT2D eigenvalue weighted by molar-refractivity contribution is 6.33. The molecule has 0 radical (unpaired) electrons. The number of anilines is 1. The first-order valence-electron chi connectivity index (χ1n) is 4.57. The lowest BCUT2D eigenvalue weighted by molar-refractivity contribution is -0.272. The fourth-order valence-electron chi connectivity index (χ4n) is 1.16. The van der Waals surface area contributed by atoms with Crippen molar-refractivity contribution in [3.63, 3.8) is 0 Å². The van der Waals surface area contributed by atoms with Crippen molar-refractivity contribution in [2.45, 2.75) is 12.4 Å². The molecule has 19 heavy (non-hydrogen) atoms. The lowest BCUT2D eigenvalue weighted by Gasteiger charge is -2.22. The van der Waals surface area contributed by atoms with Crippen LogP contribution < -0.4 is 5.32 Å². The van der Waals surface area contributed by atoms with Crippen LogP contribution in [0.3, 0.4) is 0 Å². The summed E-state index contributed by atoms with van der Waals surface area (Å²) in [6.07, 6.45) is -9.51. The topological polar surface area (TPSA) is 42.0 Å². The van der Waals surface area contributed by atoms with Crippen molar-refractivity contribution in [3.8, 4) is 0 Å². The first-order chi connectivity index (χ1) is 8.53. The molecule has 1 N–H and O–H groups in total. The number of nitrogens with one attached hydrogen (secondary N) is 1. The zero-order chi connectivity index (χ0) is 14.8. The van der Waals surface area contributed by atoms with Gasteiger partial charge in [0.25, 0.3) is 0 Å². The van der Waals surface area contributed by atoms with Crippen LogP contribution in [0.4, 0.5) is 32.0 Å². The van der Waals surface area contributed by atoms with Crippen LogP contribution in [-0.4, -0.2) is 23.2 Å². The summed E-state index contributed by atoms with van der Waals surface area (Å²) in [5, 5.41) is 1.22. The van der Waals surface area contributed by atoms with E-state index in [0.29, 0.717) is 0 Å². The third kappa shape index (κ3) is 3.98. The molecule has 0 unspecified atom stereocenters. The number of carbonyl (C=O) groups is 1. The molecule has 0 saturated carbocycles. The predicted molar refractivity (Wildman–Crippen MR) is 53.5 cm³/mol. The van der Waals surface area contributed by atoms with Gasteiger partial charge in [-0.3, -0.25) is 9.78 Å². The molecule has 0 atom stereocenters. The number of halogens is 7. The van der Waals surface area contributed by atoms with Crippen molar-refractivity contribution < 1.29 is 31.1 Å². The fraction of sp³-hybridized carbons (Fsp3) is 0.333. The molecule has 0 bridgehead atoms. The Hall–Kier alpha value is -1.51. The van der Waals surface area contributed by atoms with Gasteiger partial charge in [-0.05, 0) is 6.07 Å². The summed E-state index contributed by atoms with van der Waals surface area (Å²) in [4.78, 5) is 14.5. The van der Waals surface area contributed by atoms with Gasteiger partial charge < -0.3 is 5.32 Å². The summed E-state index contributed by atoms with van der Waals surface area (Å²) in [6.45, 7) is 0. The fourth-order valence-corrected chi connectivity index (χ4v) is 1.31. The number of nitrogens with zero attached hydrogens (tertiary/aromatic N) is 1. The van der Waals surface area contributed by atoms with E-state index in [1.807, 2.05) is 0 Å². The quantitative estimate of drug-likeness (QED) is 0.851. The number of aromatic nitrogens is 1. The maximum absolute atomic E-state index is 12.2. The van der Waals surface area contributed by atoms with Gasteiger partial charge in [0.2, 0.25) is 11.8 Å². The Morgan fingerprint density at radius 3 is 2.16 bits per heavy atom. The Kier molecular flexibility index (Phi) is 4.28. The highest BCUT2D eigenvalue weighted by atomic mass is 35.5. The molecule has 0 aliphatic carbocycles. The van der Waals surface area contributed by atoms with Crippen molar-refractivity contribution in [2.75, 3.05) is 5.32 Å². The monoisotopic (exact) mass is 306 g/mol. The second-order valence-corrected chi connectivity index (χ2v) is 3.77. The molecule has 0 aliphatic heterocycles. The van der Waals surface area contributed by atoms with Gasteiger partial charge in [-0.15, -0.1) is 0 Å². The SMILES string of the molecule is O=C(Nc1cnccc1Cl)C(C(F)(F)F)C(F)(F)F. The molecule has 0 aromatic carbocycles. The molecule has 106 valence electrons. The van der Waals surface area contributed by atoms with E-state index in [2.05, 4.69) is 4.98 Å². The maximum atomic E-state index is 12.2. The molecule has 0 saturated heterocycles. The first-order valence-corrected chi connectivity index (χ1v) is 4.95. The lowest BCUT2D eigenvalue weighted by Crippen LogP contribution is -2.45. The molecule has 10 heteroatoms. The number of carbonyl (C=O) groups excluding carboxylic acids is 1. The zero-order valence-corrected chi connectivity index (χ0v) is 9.57. The number of hydrogen-bond donors (Lipinski definition) is 1. The van der Waals surface area contributed by atoms with Gasteiger partial charge in [0.05, 0.1) is 16.9 Å². The second-order valence-electron chi connectivity index (χ2n) is 3.36. The molecule has 0 spiro atoms. The van der Waals surface area contributed by atoms with Crippen LogP contribution in [0.2, 0.25) is 5.02 Å². The minimum Gasteiger partial charge on any atom is -0.323 e. The minimum atomic E-state index is -5.75. The van der Waals surface area contributed by atoms with Crippen molar-refractivity contribution in [1.82, 2.24) is 4.98 Å². The normalized spacial score (nSPS) is 12.6. The second kappa shape index (κ2) is 5.24. The number of alkyl halides is 6. The average molecular weight is 307 g/mol. The summed E-state index contributed by atoms with van der Waals surface area (Å²) < 4.78 is 73.4. The summed E-state index contributed by atoms with van der Waals surface area (Å²) in [6, 6.07) is 1.10. The summed E-state index contributed by atoms with van der Waals surface area (Å²) in [5.74, 6) is -6.40. The van der Waals surface area contributed by atoms with Gasteiger partial charge in [-0.25, -0.2) is 0 Å². The molecule has 1 aromatic rings. The van der Waals surface area contributed by atoms with Crippen LogP contribution in [0.1, 0.15) is 0 Å². The highest BCUT2D eigenvalue weighted by Gasteiger charge is 2.61. The van der Waals surface area contributed by atoms with E-state index in [4.69, 9.17) is 11.6 Å². The van der Waals surface area contributed by atoms with E-state index >= 15 is 0 Å². The molecule has 3 nitrogen and oxygen atoms in total. The average Bonchev–Trinajstić information content (AvgIpc) is 2.16. The van der Waals surface area contributed by atoms with Crippen molar-refractivity contribution in [2.24, 2.45) is 5.92 Å². The number of amides is 1. The Balaban J connectivity index is 3.01. The Labute approximate surface area is 107 Å². The molecule has 1 rings (SSSR count). The largest absolute Gasteiger partial charge is 0.409 e. The smallest absolute Gasteiger partial charge is 0.323 e. The molecule has 1 heterocycles. The highest BCUT2D eigenvalue weighted by Crippen LogP contribution is 2.40. The summed E-state index contributed by atoms with van der Waals surface area (Å²) >= 11 is 5.48. The number of hydrogen-bond acceptors (Lipinski definition) is 2. The van der Waals surface area contributed by atoms with Gasteiger partial charge in [-0.2, -0.15) is 26.3 Å². The van der Waals surface area contributed by atoms with E-state index in [1.165, 1.54) is 5.32 Å². The van der Waals surface area contributed by atoms with E-state index < -0.39 is 29.9 Å². The maximum Gasteiger partial charge on any atom is 0.409 e. The predicted octanol–water partition coefficient (Wildman–Crippen LogP) is 3.41. The third-order valence-electron chi connectivity index (χ3n) is 1.94. The third-order valence-corrected chi connectivity index (χ3v) is 2.27. The van der Waals surface area contributed by atoms with Gasteiger partial charge >= 0.3 is 12.4 Å². The van der Waals surface area contributed by atoms with Gasteiger partial charge in [0, 0.05) is 6.20 Å². The van der Waals surface area contributed by atoms with Crippen molar-refractivity contribution in [1.29, 1.82) is 0 Å². The van der Waals surface area contributed by atoms with E-state index in [-0.39, 0.29) is 5.02 Å². The van der Waals surface area contributed by atoms with Crippen LogP contribution in [-0.2, 0) is 4.79 Å². The Morgan fingerprint density at radius 2 is 1.74 bits per heavy atom.